The van der Waals surface area contributed by atoms with Crippen LogP contribution in [-0.2, 0) is 13.6 Å². The van der Waals surface area contributed by atoms with Crippen LogP contribution in [-0.4, -0.2) is 15.7 Å². The van der Waals surface area contributed by atoms with Gasteiger partial charge in [0.25, 0.3) is 0 Å². The summed E-state index contributed by atoms with van der Waals surface area (Å²) in [7, 11) is 1.64. The van der Waals surface area contributed by atoms with E-state index in [-0.39, 0.29) is 17.8 Å². The molecule has 1 aromatic heterocycles. The topological polar surface area (TPSA) is 39.0 Å². The zero-order valence-corrected chi connectivity index (χ0v) is 11.4. The second-order valence-corrected chi connectivity index (χ2v) is 4.60. The highest BCUT2D eigenvalue weighted by molar-refractivity contribution is 5.22. The molecule has 0 aliphatic carbocycles. The molecule has 0 radical (unpaired) electrons. The number of rotatable bonds is 5. The Morgan fingerprint density at radius 2 is 2.05 bits per heavy atom. The molecular weight excluding hydrogens is 264 g/mol. The minimum absolute atomic E-state index is 0.190. The molecule has 1 unspecified atom stereocenters. The third kappa shape index (κ3) is 2.80. The minimum Gasteiger partial charge on any atom is -0.309 e. The Morgan fingerprint density at radius 3 is 2.65 bits per heavy atom. The molecule has 1 N–H and O–H groups in total. The average molecular weight is 281 g/mol. The number of halogens is 2. The number of aryl methyl sites for hydroxylation is 1. The van der Waals surface area contributed by atoms with Crippen LogP contribution in [0.5, 0.6) is 0 Å². The van der Waals surface area contributed by atoms with Crippen molar-refractivity contribution in [3.63, 3.8) is 0 Å². The number of benzene rings is 1. The highest BCUT2D eigenvalue weighted by atomic mass is 19.2. The quantitative estimate of drug-likeness (QED) is 0.908. The van der Waals surface area contributed by atoms with Crippen molar-refractivity contribution in [3.8, 4) is 0 Å². The summed E-state index contributed by atoms with van der Waals surface area (Å²) < 4.78 is 30.1. The molecule has 2 rings (SSSR count). The summed E-state index contributed by atoms with van der Waals surface area (Å²) in [6.07, 6.45) is 3.26. The first-order valence-corrected chi connectivity index (χ1v) is 6.43. The van der Waals surface area contributed by atoms with Crippen LogP contribution in [0.25, 0.3) is 0 Å². The third-order valence-corrected chi connectivity index (χ3v) is 3.20. The van der Waals surface area contributed by atoms with Gasteiger partial charge in [-0.05, 0) is 12.6 Å². The molecule has 0 bridgehead atoms. The lowest BCUT2D eigenvalue weighted by atomic mass is 10.1. The Kier molecular flexibility index (Phi) is 4.34. The summed E-state index contributed by atoms with van der Waals surface area (Å²) in [5, 5.41) is 3.08. The molecule has 20 heavy (non-hydrogen) atoms. The molecule has 0 saturated heterocycles. The Hall–Kier alpha value is -1.95. The van der Waals surface area contributed by atoms with E-state index < -0.39 is 17.7 Å². The van der Waals surface area contributed by atoms with Gasteiger partial charge in [-0.25, -0.2) is 13.6 Å². The van der Waals surface area contributed by atoms with Crippen molar-refractivity contribution in [2.24, 2.45) is 7.05 Å². The van der Waals surface area contributed by atoms with Gasteiger partial charge < -0.3 is 9.88 Å². The van der Waals surface area contributed by atoms with Crippen LogP contribution in [0.15, 0.2) is 35.4 Å². The van der Waals surface area contributed by atoms with Gasteiger partial charge in [-0.3, -0.25) is 4.57 Å². The summed E-state index contributed by atoms with van der Waals surface area (Å²) in [6.45, 7) is 2.70. The monoisotopic (exact) mass is 281 g/mol. The molecule has 0 spiro atoms. The number of imidazole rings is 1. The molecule has 1 heterocycles. The van der Waals surface area contributed by atoms with Gasteiger partial charge in [0.05, 0.1) is 6.04 Å². The number of nitrogens with zero attached hydrogens (tertiary/aromatic N) is 2. The molecule has 0 saturated carbocycles. The summed E-state index contributed by atoms with van der Waals surface area (Å²) >= 11 is 0. The summed E-state index contributed by atoms with van der Waals surface area (Å²) in [5.41, 5.74) is 0.0346. The number of likely N-dealkylation sites (N-methyl/N-ethyl adjacent to an activating group) is 1. The standard InChI is InChI=1S/C14H17F2N3O/c1-3-17-12(9-19-8-7-18(2)14(19)20)10-5-4-6-11(15)13(10)16/h4-8,12,17H,3,9H2,1-2H3. The van der Waals surface area contributed by atoms with Crippen LogP contribution in [0.4, 0.5) is 8.78 Å². The van der Waals surface area contributed by atoms with Gasteiger partial charge in [0.15, 0.2) is 11.6 Å². The maximum atomic E-state index is 13.9. The lowest BCUT2D eigenvalue weighted by Crippen LogP contribution is -2.31. The van der Waals surface area contributed by atoms with E-state index in [0.717, 1.165) is 6.07 Å². The van der Waals surface area contributed by atoms with Crippen molar-refractivity contribution < 1.29 is 8.78 Å². The van der Waals surface area contributed by atoms with Crippen LogP contribution in [0.2, 0.25) is 0 Å². The van der Waals surface area contributed by atoms with E-state index in [1.54, 1.807) is 19.4 Å². The van der Waals surface area contributed by atoms with Gasteiger partial charge in [-0.2, -0.15) is 0 Å². The van der Waals surface area contributed by atoms with E-state index in [4.69, 9.17) is 0 Å². The van der Waals surface area contributed by atoms with Crippen molar-refractivity contribution in [3.05, 3.63) is 58.3 Å². The fourth-order valence-corrected chi connectivity index (χ4v) is 2.16. The SMILES string of the molecule is CCNC(Cn1ccn(C)c1=O)c1cccc(F)c1F. The lowest BCUT2D eigenvalue weighted by Gasteiger charge is -2.19. The molecule has 0 aliphatic heterocycles. The van der Waals surface area contributed by atoms with Gasteiger partial charge in [0, 0.05) is 31.5 Å². The number of hydrogen-bond donors (Lipinski definition) is 1. The third-order valence-electron chi connectivity index (χ3n) is 3.20. The van der Waals surface area contributed by atoms with Gasteiger partial charge >= 0.3 is 5.69 Å². The van der Waals surface area contributed by atoms with E-state index in [9.17, 15) is 13.6 Å². The predicted octanol–water partition coefficient (Wildman–Crippen LogP) is 1.82. The van der Waals surface area contributed by atoms with E-state index in [2.05, 4.69) is 5.32 Å². The Morgan fingerprint density at radius 1 is 1.30 bits per heavy atom. The molecule has 108 valence electrons. The second kappa shape index (κ2) is 6.00. The highest BCUT2D eigenvalue weighted by Gasteiger charge is 2.18. The van der Waals surface area contributed by atoms with E-state index in [0.29, 0.717) is 6.54 Å². The molecule has 0 fully saturated rings. The largest absolute Gasteiger partial charge is 0.327 e. The van der Waals surface area contributed by atoms with Crippen molar-refractivity contribution in [2.75, 3.05) is 6.54 Å². The zero-order valence-electron chi connectivity index (χ0n) is 11.4. The lowest BCUT2D eigenvalue weighted by molar-refractivity contribution is 0.427. The summed E-state index contributed by atoms with van der Waals surface area (Å²) in [5.74, 6) is -1.76. The van der Waals surface area contributed by atoms with Crippen molar-refractivity contribution in [1.29, 1.82) is 0 Å². The molecule has 6 heteroatoms. The first-order valence-electron chi connectivity index (χ1n) is 6.43. The maximum Gasteiger partial charge on any atom is 0.327 e. The molecule has 0 aliphatic rings. The van der Waals surface area contributed by atoms with Crippen LogP contribution >= 0.6 is 0 Å². The Labute approximate surface area is 115 Å². The van der Waals surface area contributed by atoms with Gasteiger partial charge in [-0.15, -0.1) is 0 Å². The number of hydrogen-bond acceptors (Lipinski definition) is 2. The van der Waals surface area contributed by atoms with Crippen LogP contribution in [0.3, 0.4) is 0 Å². The molecule has 1 atom stereocenters. The normalized spacial score (nSPS) is 12.6. The van der Waals surface area contributed by atoms with E-state index in [1.165, 1.54) is 21.3 Å². The van der Waals surface area contributed by atoms with Crippen molar-refractivity contribution in [2.45, 2.75) is 19.5 Å². The maximum absolute atomic E-state index is 13.9. The van der Waals surface area contributed by atoms with Gasteiger partial charge in [0.2, 0.25) is 0 Å². The summed E-state index contributed by atoms with van der Waals surface area (Å²) in [4.78, 5) is 11.8. The van der Waals surface area contributed by atoms with E-state index >= 15 is 0 Å². The fourth-order valence-electron chi connectivity index (χ4n) is 2.16. The summed E-state index contributed by atoms with van der Waals surface area (Å²) in [6, 6.07) is 3.61. The van der Waals surface area contributed by atoms with Crippen LogP contribution < -0.4 is 11.0 Å². The first kappa shape index (κ1) is 14.5. The number of aromatic nitrogens is 2. The Bertz CT molecular complexity index is 648. The highest BCUT2D eigenvalue weighted by Crippen LogP contribution is 2.20. The van der Waals surface area contributed by atoms with Crippen LogP contribution in [0, 0.1) is 11.6 Å². The average Bonchev–Trinajstić information content (AvgIpc) is 2.73. The first-order chi connectivity index (χ1) is 9.54. The fraction of sp³-hybridized carbons (Fsp3) is 0.357. The molecule has 2 aromatic rings. The minimum atomic E-state index is -0.884. The zero-order chi connectivity index (χ0) is 14.7. The molecule has 0 amide bonds. The van der Waals surface area contributed by atoms with Crippen molar-refractivity contribution in [1.82, 2.24) is 14.5 Å². The molecule has 1 aromatic carbocycles. The van der Waals surface area contributed by atoms with E-state index in [1.807, 2.05) is 6.92 Å². The number of nitrogens with one attached hydrogen (secondary N) is 1. The predicted molar refractivity (Wildman–Crippen MR) is 72.4 cm³/mol. The van der Waals surface area contributed by atoms with Gasteiger partial charge in [0.1, 0.15) is 0 Å². The smallest absolute Gasteiger partial charge is 0.309 e. The Balaban J connectivity index is 2.34. The van der Waals surface area contributed by atoms with Crippen molar-refractivity contribution >= 4 is 0 Å². The molecular formula is C14H17F2N3O. The van der Waals surface area contributed by atoms with Gasteiger partial charge in [-0.1, -0.05) is 19.1 Å². The van der Waals surface area contributed by atoms with Crippen LogP contribution in [0.1, 0.15) is 18.5 Å². The molecule has 4 nitrogen and oxygen atoms in total. The second-order valence-electron chi connectivity index (χ2n) is 4.60.